The van der Waals surface area contributed by atoms with Crippen molar-refractivity contribution < 1.29 is 20.1 Å². The van der Waals surface area contributed by atoms with Gasteiger partial charge in [0.15, 0.2) is 12.1 Å². The highest BCUT2D eigenvalue weighted by Gasteiger charge is 2.50. The zero-order valence-corrected chi connectivity index (χ0v) is 15.0. The highest BCUT2D eigenvalue weighted by molar-refractivity contribution is 6.47. The van der Waals surface area contributed by atoms with Crippen LogP contribution in [0.5, 0.6) is 0 Å². The van der Waals surface area contributed by atoms with E-state index in [4.69, 9.17) is 10.5 Å². The first kappa shape index (κ1) is 19.3. The van der Waals surface area contributed by atoms with Gasteiger partial charge in [0.1, 0.15) is 37.0 Å². The topological polar surface area (TPSA) is 148 Å². The number of nitrogens with two attached hydrogens (primary N) is 1. The molecule has 3 aliphatic heterocycles. The summed E-state index contributed by atoms with van der Waals surface area (Å²) in [5.74, 6) is -0.713. The molecular formula is C16H28N6O4. The van der Waals surface area contributed by atoms with Crippen molar-refractivity contribution in [1.29, 1.82) is 0 Å². The number of hydrogen-bond donors (Lipinski definition) is 5. The molecule has 0 aromatic heterocycles. The maximum absolute atomic E-state index is 10.2. The third-order valence-electron chi connectivity index (χ3n) is 4.92. The van der Waals surface area contributed by atoms with Gasteiger partial charge < -0.3 is 25.0 Å². The third-order valence-corrected chi connectivity index (χ3v) is 4.92. The molecule has 6 N–H and O–H groups in total. The van der Waals surface area contributed by atoms with Crippen LogP contribution in [0.2, 0.25) is 0 Å². The second-order valence-electron chi connectivity index (χ2n) is 6.80. The summed E-state index contributed by atoms with van der Waals surface area (Å²) in [5.41, 5.74) is 6.88. The summed E-state index contributed by atoms with van der Waals surface area (Å²) < 4.78 is 5.58. The van der Waals surface area contributed by atoms with E-state index in [2.05, 4.69) is 27.2 Å². The largest absolute Gasteiger partial charge is 0.394 e. The van der Waals surface area contributed by atoms with Gasteiger partial charge in [0.05, 0.1) is 6.61 Å². The Morgan fingerprint density at radius 2 is 2.15 bits per heavy atom. The van der Waals surface area contributed by atoms with E-state index < -0.39 is 30.3 Å². The van der Waals surface area contributed by atoms with Gasteiger partial charge in [-0.25, -0.2) is 9.98 Å². The van der Waals surface area contributed by atoms with Crippen LogP contribution in [0, 0.1) is 0 Å². The third kappa shape index (κ3) is 3.53. The number of aliphatic hydroxyl groups excluding tert-OH is 3. The molecule has 1 saturated heterocycles. The van der Waals surface area contributed by atoms with Crippen molar-refractivity contribution in [2.45, 2.75) is 62.9 Å². The van der Waals surface area contributed by atoms with Crippen LogP contribution in [0.1, 0.15) is 32.6 Å². The Morgan fingerprint density at radius 1 is 1.35 bits per heavy atom. The summed E-state index contributed by atoms with van der Waals surface area (Å²) in [6.45, 7) is 2.66. The second kappa shape index (κ2) is 8.07. The highest BCUT2D eigenvalue weighted by atomic mass is 16.6. The molecular weight excluding hydrogens is 340 g/mol. The summed E-state index contributed by atoms with van der Waals surface area (Å²) in [5, 5.41) is 32.7. The van der Waals surface area contributed by atoms with Crippen LogP contribution in [0.4, 0.5) is 0 Å². The molecule has 0 aliphatic carbocycles. The number of rotatable bonds is 8. The van der Waals surface area contributed by atoms with E-state index >= 15 is 0 Å². The average molecular weight is 368 g/mol. The van der Waals surface area contributed by atoms with Crippen LogP contribution in [0.25, 0.3) is 0 Å². The van der Waals surface area contributed by atoms with E-state index in [0.29, 0.717) is 18.1 Å². The van der Waals surface area contributed by atoms with Gasteiger partial charge >= 0.3 is 0 Å². The fourth-order valence-corrected chi connectivity index (χ4v) is 3.38. The molecule has 0 bridgehead atoms. The average Bonchev–Trinajstić information content (AvgIpc) is 3.18. The number of fused-ring (bicyclic) bond motifs is 1. The number of amidine groups is 1. The van der Waals surface area contributed by atoms with Gasteiger partial charge in [-0.2, -0.15) is 0 Å². The Hall–Kier alpha value is -1.43. The molecule has 3 heterocycles. The molecule has 10 nitrogen and oxygen atoms in total. The lowest BCUT2D eigenvalue weighted by molar-refractivity contribution is -0.0688. The lowest BCUT2D eigenvalue weighted by atomic mass is 10.1. The van der Waals surface area contributed by atoms with Crippen LogP contribution in [0.15, 0.2) is 15.0 Å². The summed E-state index contributed by atoms with van der Waals surface area (Å²) in [7, 11) is 0. The number of unbranched alkanes of at least 4 members (excludes halogenated alkanes) is 3. The monoisotopic (exact) mass is 368 g/mol. The van der Waals surface area contributed by atoms with Crippen LogP contribution >= 0.6 is 0 Å². The minimum absolute atomic E-state index is 0.181. The number of aliphatic hydroxyl groups is 3. The van der Waals surface area contributed by atoms with Crippen LogP contribution in [-0.4, -0.2) is 88.3 Å². The molecule has 5 atom stereocenters. The number of hydrogen-bond acceptors (Lipinski definition) is 10. The van der Waals surface area contributed by atoms with E-state index in [1.165, 1.54) is 12.8 Å². The molecule has 0 saturated carbocycles. The van der Waals surface area contributed by atoms with Gasteiger partial charge in [-0.3, -0.25) is 16.0 Å². The number of ether oxygens (including phenoxy) is 1. The zero-order valence-electron chi connectivity index (χ0n) is 15.0. The molecule has 26 heavy (non-hydrogen) atoms. The fraction of sp³-hybridized carbons (Fsp3) is 0.812. The van der Waals surface area contributed by atoms with Crippen molar-refractivity contribution >= 4 is 17.9 Å². The molecule has 0 aromatic rings. The zero-order chi connectivity index (χ0) is 18.7. The van der Waals surface area contributed by atoms with E-state index in [1.54, 1.807) is 4.90 Å². The maximum Gasteiger partial charge on any atom is 0.211 e. The number of aliphatic imine (C=N–C) groups is 3. The first-order valence-corrected chi connectivity index (χ1v) is 9.11. The van der Waals surface area contributed by atoms with Gasteiger partial charge in [0.2, 0.25) is 5.79 Å². The quantitative estimate of drug-likeness (QED) is 0.255. The van der Waals surface area contributed by atoms with Crippen molar-refractivity contribution in [2.24, 2.45) is 20.7 Å². The Kier molecular flexibility index (Phi) is 6.00. The lowest BCUT2D eigenvalue weighted by Crippen LogP contribution is -2.63. The smallest absolute Gasteiger partial charge is 0.211 e. The number of nitrogens with one attached hydrogen (secondary N) is 1. The molecule has 10 heteroatoms. The summed E-state index contributed by atoms with van der Waals surface area (Å²) >= 11 is 0. The summed E-state index contributed by atoms with van der Waals surface area (Å²) in [4.78, 5) is 14.6. The predicted molar refractivity (Wildman–Crippen MR) is 96.9 cm³/mol. The van der Waals surface area contributed by atoms with Crippen molar-refractivity contribution in [2.75, 3.05) is 19.8 Å². The summed E-state index contributed by atoms with van der Waals surface area (Å²) in [6, 6.07) is 0. The second-order valence-corrected chi connectivity index (χ2v) is 6.80. The van der Waals surface area contributed by atoms with Crippen LogP contribution < -0.4 is 11.1 Å². The molecule has 1 fully saturated rings. The van der Waals surface area contributed by atoms with Gasteiger partial charge in [-0.05, 0) is 13.0 Å². The maximum atomic E-state index is 10.2. The Morgan fingerprint density at radius 3 is 2.85 bits per heavy atom. The molecule has 1 unspecified atom stereocenters. The minimum atomic E-state index is -1.18. The Labute approximate surface area is 152 Å². The molecule has 3 aliphatic rings. The standard InChI is InChI=1S/C16H28N6O4/c1-2-3-4-5-6-20-16(17)13-14(18-8-21-16)22(9-19-13)15-12(25)11(24)10(7-23)26-15/h8,10-12,15,20,23-25H,2-7,9,17H2,1H3/t10-,11-,12-,15-,16?/m1/s1. The van der Waals surface area contributed by atoms with Crippen molar-refractivity contribution in [3.63, 3.8) is 0 Å². The fourth-order valence-electron chi connectivity index (χ4n) is 3.38. The van der Waals surface area contributed by atoms with E-state index in [0.717, 1.165) is 19.3 Å². The molecule has 0 spiro atoms. The van der Waals surface area contributed by atoms with Crippen LogP contribution in [0.3, 0.4) is 0 Å². The van der Waals surface area contributed by atoms with Crippen LogP contribution in [-0.2, 0) is 4.74 Å². The molecule has 0 aromatic carbocycles. The lowest BCUT2D eigenvalue weighted by Gasteiger charge is -2.32. The SMILES string of the molecule is CCCCCCNC1(N)N=CN=C2C1=NCN2[C@@H]1O[C@H](CO)[C@@H](O)[C@H]1O. The molecule has 0 amide bonds. The van der Waals surface area contributed by atoms with Crippen molar-refractivity contribution in [1.82, 2.24) is 10.2 Å². The minimum Gasteiger partial charge on any atom is -0.394 e. The molecule has 3 rings (SSSR count). The van der Waals surface area contributed by atoms with E-state index in [-0.39, 0.29) is 13.3 Å². The van der Waals surface area contributed by atoms with Gasteiger partial charge in [0.25, 0.3) is 0 Å². The van der Waals surface area contributed by atoms with Gasteiger partial charge in [-0.1, -0.05) is 26.2 Å². The van der Waals surface area contributed by atoms with Gasteiger partial charge in [0, 0.05) is 0 Å². The first-order chi connectivity index (χ1) is 12.5. The normalized spacial score (nSPS) is 36.3. The number of nitrogens with zero attached hydrogens (tertiary/aromatic N) is 4. The predicted octanol–water partition coefficient (Wildman–Crippen LogP) is -1.64. The van der Waals surface area contributed by atoms with Crippen molar-refractivity contribution in [3.8, 4) is 0 Å². The molecule has 0 radical (unpaired) electrons. The van der Waals surface area contributed by atoms with Crippen molar-refractivity contribution in [3.05, 3.63) is 0 Å². The Balaban J connectivity index is 1.66. The van der Waals surface area contributed by atoms with E-state index in [9.17, 15) is 15.3 Å². The van der Waals surface area contributed by atoms with Gasteiger partial charge in [-0.15, -0.1) is 0 Å². The van der Waals surface area contributed by atoms with E-state index in [1.807, 2.05) is 0 Å². The summed E-state index contributed by atoms with van der Waals surface area (Å²) in [6.07, 6.45) is 1.74. The molecule has 146 valence electrons. The first-order valence-electron chi connectivity index (χ1n) is 9.11. The Bertz CT molecular complexity index is 597. The highest BCUT2D eigenvalue weighted by Crippen LogP contribution is 2.28.